The van der Waals surface area contributed by atoms with Crippen molar-refractivity contribution in [2.24, 2.45) is 0 Å². The number of piperazine rings is 1. The predicted molar refractivity (Wildman–Crippen MR) is 198 cm³/mol. The normalized spacial score (nSPS) is 15.5. The Kier molecular flexibility index (Phi) is 14.7. The average Bonchev–Trinajstić information content (AvgIpc) is 3.48. The van der Waals surface area contributed by atoms with Crippen LogP contribution in [0.1, 0.15) is 72.2 Å². The molecule has 0 atom stereocenters. The smallest absolute Gasteiger partial charge is 0.410 e. The third-order valence-electron chi connectivity index (χ3n) is 9.37. The summed E-state index contributed by atoms with van der Waals surface area (Å²) in [5.74, 6) is 0. The average molecular weight is 699 g/mol. The first-order valence-electron chi connectivity index (χ1n) is 18.0. The lowest BCUT2D eigenvalue weighted by molar-refractivity contribution is -0.118. The number of carbonyl (C=O) groups is 2. The van der Waals surface area contributed by atoms with E-state index in [1.165, 1.54) is 41.6 Å². The third kappa shape index (κ3) is 12.0. The van der Waals surface area contributed by atoms with Crippen molar-refractivity contribution in [3.8, 4) is 0 Å². The summed E-state index contributed by atoms with van der Waals surface area (Å²) in [5, 5.41) is 4.05. The van der Waals surface area contributed by atoms with Gasteiger partial charge in [0.25, 0.3) is 0 Å². The molecule has 50 heavy (non-hydrogen) atoms. The summed E-state index contributed by atoms with van der Waals surface area (Å²) in [6.07, 6.45) is 16.5. The second-order valence-electron chi connectivity index (χ2n) is 13.2. The van der Waals surface area contributed by atoms with Crippen LogP contribution in [0, 0.1) is 6.92 Å². The number of aryl methyl sites for hydroxylation is 4. The summed E-state index contributed by atoms with van der Waals surface area (Å²) in [7, 11) is 0. The van der Waals surface area contributed by atoms with Gasteiger partial charge < -0.3 is 24.4 Å². The van der Waals surface area contributed by atoms with Gasteiger partial charge in [-0.25, -0.2) is 9.78 Å². The lowest BCUT2D eigenvalue weighted by Crippen LogP contribution is -2.47. The monoisotopic (exact) mass is 698 g/mol. The first-order valence-corrected chi connectivity index (χ1v) is 18.4. The number of amides is 2. The predicted octanol–water partition coefficient (Wildman–Crippen LogP) is 7.03. The van der Waals surface area contributed by atoms with E-state index >= 15 is 0 Å². The lowest BCUT2D eigenvalue weighted by Gasteiger charge is -2.29. The number of fused-ring (bicyclic) bond motifs is 2. The largest absolute Gasteiger partial charge is 0.446 e. The quantitative estimate of drug-likeness (QED) is 0.199. The van der Waals surface area contributed by atoms with Crippen molar-refractivity contribution in [2.45, 2.75) is 83.9 Å². The number of hydrogen-bond donors (Lipinski definition) is 1. The van der Waals surface area contributed by atoms with Gasteiger partial charge in [0.05, 0.1) is 12.0 Å². The molecule has 1 N–H and O–H groups in total. The Morgan fingerprint density at radius 1 is 0.980 bits per heavy atom. The Labute approximate surface area is 302 Å². The van der Waals surface area contributed by atoms with E-state index in [2.05, 4.69) is 38.1 Å². The van der Waals surface area contributed by atoms with E-state index in [4.69, 9.17) is 16.3 Å². The van der Waals surface area contributed by atoms with Crippen molar-refractivity contribution in [1.82, 2.24) is 29.7 Å². The minimum atomic E-state index is -0.108. The molecule has 1 saturated heterocycles. The maximum absolute atomic E-state index is 11.7. The zero-order valence-electron chi connectivity index (χ0n) is 29.3. The zero-order chi connectivity index (χ0) is 35.0. The highest BCUT2D eigenvalue weighted by atomic mass is 35.5. The molecular weight excluding hydrogens is 648 g/mol. The fourth-order valence-electron chi connectivity index (χ4n) is 6.59. The van der Waals surface area contributed by atoms with Crippen molar-refractivity contribution in [2.75, 3.05) is 32.7 Å². The number of ether oxygens (including phenoxy) is 1. The summed E-state index contributed by atoms with van der Waals surface area (Å²) < 4.78 is 7.55. The molecule has 0 radical (unpaired) electrons. The number of rotatable bonds is 8. The van der Waals surface area contributed by atoms with Gasteiger partial charge in [-0.1, -0.05) is 60.5 Å². The molecule has 2 fully saturated rings. The number of halogens is 1. The first kappa shape index (κ1) is 37.1. The minimum Gasteiger partial charge on any atom is -0.446 e. The van der Waals surface area contributed by atoms with Gasteiger partial charge in [-0.2, -0.15) is 0 Å². The van der Waals surface area contributed by atoms with Crippen molar-refractivity contribution in [3.05, 3.63) is 118 Å². The molecule has 3 heterocycles. The summed E-state index contributed by atoms with van der Waals surface area (Å²) >= 11 is 6.03. The SMILES string of the molecule is Cc1cn(CCCN(C=O)Cc2ccccc2)cn1.Clc1ccc2c(c1)CCc1cccnc1C2.O=C(OC1CCCCC1)N1CCNCC1. The van der Waals surface area contributed by atoms with Crippen molar-refractivity contribution < 1.29 is 14.3 Å². The van der Waals surface area contributed by atoms with Crippen LogP contribution in [0.2, 0.25) is 5.02 Å². The highest BCUT2D eigenvalue weighted by Gasteiger charge is 2.23. The second-order valence-corrected chi connectivity index (χ2v) is 13.7. The molecule has 2 aromatic carbocycles. The molecule has 0 unspecified atom stereocenters. The molecule has 3 aliphatic rings. The number of carbonyl (C=O) groups excluding carboxylic acids is 2. The zero-order valence-corrected chi connectivity index (χ0v) is 30.1. The maximum Gasteiger partial charge on any atom is 0.410 e. The second kappa shape index (κ2) is 19.8. The Balaban J connectivity index is 0.000000147. The molecule has 1 aliphatic heterocycles. The van der Waals surface area contributed by atoms with E-state index in [1.54, 1.807) is 4.90 Å². The summed E-state index contributed by atoms with van der Waals surface area (Å²) in [6, 6.07) is 20.4. The van der Waals surface area contributed by atoms with E-state index in [-0.39, 0.29) is 12.2 Å². The van der Waals surface area contributed by atoms with Gasteiger partial charge in [0.15, 0.2) is 0 Å². The molecule has 2 aliphatic carbocycles. The van der Waals surface area contributed by atoms with E-state index in [0.29, 0.717) is 6.54 Å². The van der Waals surface area contributed by atoms with Gasteiger partial charge in [0.2, 0.25) is 6.41 Å². The molecule has 1 saturated carbocycles. The van der Waals surface area contributed by atoms with Gasteiger partial charge in [-0.3, -0.25) is 9.78 Å². The van der Waals surface area contributed by atoms with Crippen LogP contribution in [0.5, 0.6) is 0 Å². The number of nitrogens with one attached hydrogen (secondary N) is 1. The summed E-state index contributed by atoms with van der Waals surface area (Å²) in [4.78, 5) is 35.1. The lowest BCUT2D eigenvalue weighted by atomic mass is 9.98. The number of pyridine rings is 1. The number of nitrogens with zero attached hydrogens (tertiary/aromatic N) is 5. The fraction of sp³-hybridized carbons (Fsp3) is 0.450. The first-order chi connectivity index (χ1) is 24.5. The van der Waals surface area contributed by atoms with E-state index in [0.717, 1.165) is 100 Å². The molecule has 10 heteroatoms. The molecule has 266 valence electrons. The number of hydrogen-bond acceptors (Lipinski definition) is 6. The third-order valence-corrected chi connectivity index (χ3v) is 9.61. The Bertz CT molecular complexity index is 1620. The van der Waals surface area contributed by atoms with Crippen molar-refractivity contribution in [3.63, 3.8) is 0 Å². The van der Waals surface area contributed by atoms with Gasteiger partial charge in [-0.15, -0.1) is 0 Å². The molecule has 4 aromatic rings. The minimum absolute atomic E-state index is 0.108. The molecule has 2 amide bonds. The van der Waals surface area contributed by atoms with Crippen LogP contribution in [0.25, 0.3) is 0 Å². The van der Waals surface area contributed by atoms with E-state index in [1.807, 2.05) is 73.0 Å². The highest BCUT2D eigenvalue weighted by molar-refractivity contribution is 6.30. The van der Waals surface area contributed by atoms with Crippen LogP contribution >= 0.6 is 11.6 Å². The Hall–Kier alpha value is -4.21. The maximum atomic E-state index is 11.7. The Morgan fingerprint density at radius 3 is 2.50 bits per heavy atom. The number of imidazole rings is 1. The molecule has 0 spiro atoms. The van der Waals surface area contributed by atoms with Gasteiger partial charge in [-0.05, 0) is 92.3 Å². The standard InChI is InChI=1S/C15H19N3O.C14H12ClN.C11H20N2O2/c1-14-10-17(12-16-14)8-5-9-18(13-19)11-15-6-3-2-4-7-15;15-13-6-5-12-9-14-10(2-1-7-16-14)3-4-11(12)8-13;14-11(13-8-6-12-7-9-13)15-10-4-2-1-3-5-10/h2-4,6-7,10,12-13H,5,8-9,11H2,1H3;1-2,5-8H,3-4,9H2;10,12H,1-9H2. The summed E-state index contributed by atoms with van der Waals surface area (Å²) in [6.45, 7) is 7.64. The van der Waals surface area contributed by atoms with E-state index in [9.17, 15) is 9.59 Å². The highest BCUT2D eigenvalue weighted by Crippen LogP contribution is 2.25. The van der Waals surface area contributed by atoms with Crippen LogP contribution in [-0.4, -0.2) is 75.7 Å². The van der Waals surface area contributed by atoms with Crippen LogP contribution in [0.3, 0.4) is 0 Å². The number of benzene rings is 2. The molecule has 7 rings (SSSR count). The van der Waals surface area contributed by atoms with Crippen LogP contribution in [-0.2, 0) is 41.9 Å². The van der Waals surface area contributed by atoms with E-state index < -0.39 is 0 Å². The fourth-order valence-corrected chi connectivity index (χ4v) is 6.79. The van der Waals surface area contributed by atoms with Crippen molar-refractivity contribution >= 4 is 24.1 Å². The van der Waals surface area contributed by atoms with Crippen LogP contribution in [0.4, 0.5) is 4.79 Å². The molecular formula is C40H51ClN6O3. The molecule has 0 bridgehead atoms. The molecule has 9 nitrogen and oxygen atoms in total. The molecule has 2 aromatic heterocycles. The van der Waals surface area contributed by atoms with Gasteiger partial charge in [0.1, 0.15) is 6.10 Å². The van der Waals surface area contributed by atoms with Crippen molar-refractivity contribution in [1.29, 1.82) is 0 Å². The van der Waals surface area contributed by atoms with Gasteiger partial charge >= 0.3 is 6.09 Å². The van der Waals surface area contributed by atoms with Gasteiger partial charge in [0, 0.05) is 75.3 Å². The summed E-state index contributed by atoms with van der Waals surface area (Å²) in [5.41, 5.74) is 7.50. The number of aromatic nitrogens is 3. The Morgan fingerprint density at radius 2 is 1.76 bits per heavy atom. The topological polar surface area (TPSA) is 92.6 Å². The van der Waals surface area contributed by atoms with Crippen LogP contribution < -0.4 is 5.32 Å². The van der Waals surface area contributed by atoms with Crippen LogP contribution in [0.15, 0.2) is 79.4 Å².